The van der Waals surface area contributed by atoms with E-state index < -0.39 is 5.91 Å². The van der Waals surface area contributed by atoms with Crippen molar-refractivity contribution in [3.8, 4) is 0 Å². The molecule has 104 valence electrons. The van der Waals surface area contributed by atoms with Crippen LogP contribution in [0.15, 0.2) is 24.3 Å². The van der Waals surface area contributed by atoms with E-state index in [1.165, 1.54) is 19.3 Å². The molecular formula is C15H22N2O2. The third-order valence-corrected chi connectivity index (χ3v) is 4.06. The van der Waals surface area contributed by atoms with E-state index in [9.17, 15) is 9.90 Å². The van der Waals surface area contributed by atoms with E-state index in [0.717, 1.165) is 25.1 Å². The topological polar surface area (TPSA) is 75.4 Å². The molecule has 0 aliphatic heterocycles. The van der Waals surface area contributed by atoms with Crippen molar-refractivity contribution in [3.05, 3.63) is 29.8 Å². The monoisotopic (exact) mass is 262 g/mol. The Labute approximate surface area is 114 Å². The van der Waals surface area contributed by atoms with Crippen LogP contribution in [0.25, 0.3) is 0 Å². The van der Waals surface area contributed by atoms with Crippen molar-refractivity contribution in [1.82, 2.24) is 0 Å². The van der Waals surface area contributed by atoms with E-state index in [0.29, 0.717) is 5.56 Å². The lowest BCUT2D eigenvalue weighted by atomic mass is 9.74. The normalized spacial score (nSPS) is 17.9. The molecule has 1 saturated carbocycles. The first kappa shape index (κ1) is 13.9. The molecule has 19 heavy (non-hydrogen) atoms. The molecule has 1 aliphatic rings. The molecule has 0 atom stereocenters. The maximum absolute atomic E-state index is 11.1. The van der Waals surface area contributed by atoms with Gasteiger partial charge in [0.2, 0.25) is 5.91 Å². The Morgan fingerprint density at radius 3 is 2.68 bits per heavy atom. The Balaban J connectivity index is 2.00. The Morgan fingerprint density at radius 2 is 2.05 bits per heavy atom. The number of carbonyl (C=O) groups is 1. The molecular weight excluding hydrogens is 240 g/mol. The summed E-state index contributed by atoms with van der Waals surface area (Å²) in [6.07, 6.45) is 5.75. The van der Waals surface area contributed by atoms with Gasteiger partial charge in [-0.1, -0.05) is 25.3 Å². The van der Waals surface area contributed by atoms with Crippen molar-refractivity contribution in [2.24, 2.45) is 11.1 Å². The van der Waals surface area contributed by atoms with Crippen molar-refractivity contribution >= 4 is 11.6 Å². The van der Waals surface area contributed by atoms with Crippen molar-refractivity contribution < 1.29 is 9.90 Å². The third kappa shape index (κ3) is 3.47. The van der Waals surface area contributed by atoms with E-state index in [1.807, 2.05) is 12.1 Å². The summed E-state index contributed by atoms with van der Waals surface area (Å²) in [7, 11) is 0. The minimum atomic E-state index is -0.418. The lowest BCUT2D eigenvalue weighted by Crippen LogP contribution is -2.35. The van der Waals surface area contributed by atoms with Gasteiger partial charge in [-0.2, -0.15) is 0 Å². The molecule has 4 heteroatoms. The first-order valence-electron chi connectivity index (χ1n) is 6.90. The number of amides is 1. The van der Waals surface area contributed by atoms with Crippen LogP contribution in [0.4, 0.5) is 5.69 Å². The lowest BCUT2D eigenvalue weighted by Gasteiger charge is -2.36. The molecule has 0 heterocycles. The fraction of sp³-hybridized carbons (Fsp3) is 0.533. The van der Waals surface area contributed by atoms with Crippen LogP contribution in [0.3, 0.4) is 0 Å². The molecule has 0 bridgehead atoms. The molecule has 0 saturated heterocycles. The number of primary amides is 1. The van der Waals surface area contributed by atoms with Gasteiger partial charge in [-0.15, -0.1) is 0 Å². The van der Waals surface area contributed by atoms with Crippen LogP contribution in [0.1, 0.15) is 42.5 Å². The van der Waals surface area contributed by atoms with Crippen LogP contribution in [0, 0.1) is 5.41 Å². The number of rotatable bonds is 5. The predicted octanol–water partition coefficient (Wildman–Crippen LogP) is 2.14. The SMILES string of the molecule is NC(=O)c1cccc(NCC2(CO)CCCCC2)c1. The van der Waals surface area contributed by atoms with Gasteiger partial charge in [0.1, 0.15) is 0 Å². The zero-order valence-corrected chi connectivity index (χ0v) is 11.2. The molecule has 1 aliphatic carbocycles. The Bertz CT molecular complexity index is 440. The van der Waals surface area contributed by atoms with Gasteiger partial charge in [0.25, 0.3) is 0 Å². The van der Waals surface area contributed by atoms with Gasteiger partial charge >= 0.3 is 0 Å². The molecule has 2 rings (SSSR count). The van der Waals surface area contributed by atoms with Crippen LogP contribution in [-0.4, -0.2) is 24.2 Å². The highest BCUT2D eigenvalue weighted by Gasteiger charge is 2.31. The van der Waals surface area contributed by atoms with Crippen LogP contribution < -0.4 is 11.1 Å². The number of anilines is 1. The molecule has 0 aromatic heterocycles. The first-order chi connectivity index (χ1) is 9.15. The average molecular weight is 262 g/mol. The van der Waals surface area contributed by atoms with Gasteiger partial charge < -0.3 is 16.2 Å². The minimum absolute atomic E-state index is 0.0129. The average Bonchev–Trinajstić information content (AvgIpc) is 2.46. The second-order valence-electron chi connectivity index (χ2n) is 5.52. The lowest BCUT2D eigenvalue weighted by molar-refractivity contribution is 0.0944. The minimum Gasteiger partial charge on any atom is -0.396 e. The Hall–Kier alpha value is -1.55. The summed E-state index contributed by atoms with van der Waals surface area (Å²) in [6.45, 7) is 0.960. The molecule has 0 radical (unpaired) electrons. The highest BCUT2D eigenvalue weighted by Crippen LogP contribution is 2.36. The second kappa shape index (κ2) is 6.06. The van der Waals surface area contributed by atoms with Crippen LogP contribution in [0.5, 0.6) is 0 Å². The van der Waals surface area contributed by atoms with E-state index >= 15 is 0 Å². The van der Waals surface area contributed by atoms with E-state index in [4.69, 9.17) is 5.73 Å². The molecule has 0 spiro atoms. The molecule has 0 unspecified atom stereocenters. The fourth-order valence-electron chi connectivity index (χ4n) is 2.76. The van der Waals surface area contributed by atoms with Gasteiger partial charge in [0.15, 0.2) is 0 Å². The number of aliphatic hydroxyl groups is 1. The van der Waals surface area contributed by atoms with Gasteiger partial charge in [0.05, 0.1) is 6.61 Å². The number of carbonyl (C=O) groups excluding carboxylic acids is 1. The number of benzene rings is 1. The number of hydrogen-bond donors (Lipinski definition) is 3. The maximum atomic E-state index is 11.1. The summed E-state index contributed by atoms with van der Waals surface area (Å²) in [5.41, 5.74) is 6.64. The number of aliphatic hydroxyl groups excluding tert-OH is 1. The quantitative estimate of drug-likeness (QED) is 0.761. The predicted molar refractivity (Wildman–Crippen MR) is 76.1 cm³/mol. The van der Waals surface area contributed by atoms with E-state index in [1.54, 1.807) is 12.1 Å². The first-order valence-corrected chi connectivity index (χ1v) is 6.90. The van der Waals surface area contributed by atoms with E-state index in [-0.39, 0.29) is 12.0 Å². The molecule has 1 fully saturated rings. The van der Waals surface area contributed by atoms with Gasteiger partial charge in [-0.25, -0.2) is 0 Å². The van der Waals surface area contributed by atoms with Crippen molar-refractivity contribution in [2.75, 3.05) is 18.5 Å². The highest BCUT2D eigenvalue weighted by atomic mass is 16.3. The summed E-state index contributed by atoms with van der Waals surface area (Å²) in [4.78, 5) is 11.1. The Kier molecular flexibility index (Phi) is 4.43. The molecule has 4 nitrogen and oxygen atoms in total. The highest BCUT2D eigenvalue weighted by molar-refractivity contribution is 5.93. The number of nitrogens with two attached hydrogens (primary N) is 1. The van der Waals surface area contributed by atoms with Crippen LogP contribution in [0.2, 0.25) is 0 Å². The summed E-state index contributed by atoms with van der Waals surface area (Å²) in [5, 5.41) is 13.0. The van der Waals surface area contributed by atoms with Crippen LogP contribution in [-0.2, 0) is 0 Å². The smallest absolute Gasteiger partial charge is 0.248 e. The van der Waals surface area contributed by atoms with Gasteiger partial charge in [0, 0.05) is 23.2 Å². The summed E-state index contributed by atoms with van der Waals surface area (Å²) in [6, 6.07) is 7.20. The third-order valence-electron chi connectivity index (χ3n) is 4.06. The summed E-state index contributed by atoms with van der Waals surface area (Å²) >= 11 is 0. The maximum Gasteiger partial charge on any atom is 0.248 e. The Morgan fingerprint density at radius 1 is 1.32 bits per heavy atom. The largest absolute Gasteiger partial charge is 0.396 e. The number of nitrogens with one attached hydrogen (secondary N) is 1. The zero-order chi connectivity index (χ0) is 13.7. The molecule has 4 N–H and O–H groups in total. The molecule has 1 amide bonds. The summed E-state index contributed by atoms with van der Waals surface area (Å²) in [5.74, 6) is -0.418. The van der Waals surface area contributed by atoms with E-state index in [2.05, 4.69) is 5.32 Å². The standard InChI is InChI=1S/C15H22N2O2/c16-14(19)12-5-4-6-13(9-12)17-10-15(11-18)7-2-1-3-8-15/h4-6,9,17-18H,1-3,7-8,10-11H2,(H2,16,19). The van der Waals surface area contributed by atoms with Crippen molar-refractivity contribution in [1.29, 1.82) is 0 Å². The molecule has 1 aromatic carbocycles. The van der Waals surface area contributed by atoms with Crippen molar-refractivity contribution in [3.63, 3.8) is 0 Å². The fourth-order valence-corrected chi connectivity index (χ4v) is 2.76. The van der Waals surface area contributed by atoms with Crippen LogP contribution >= 0.6 is 0 Å². The zero-order valence-electron chi connectivity index (χ0n) is 11.2. The summed E-state index contributed by atoms with van der Waals surface area (Å²) < 4.78 is 0. The number of hydrogen-bond acceptors (Lipinski definition) is 3. The van der Waals surface area contributed by atoms with Gasteiger partial charge in [-0.05, 0) is 31.0 Å². The van der Waals surface area contributed by atoms with Gasteiger partial charge in [-0.3, -0.25) is 4.79 Å². The second-order valence-corrected chi connectivity index (χ2v) is 5.52. The molecule has 1 aromatic rings. The van der Waals surface area contributed by atoms with Crippen molar-refractivity contribution in [2.45, 2.75) is 32.1 Å².